The molecule has 3 aromatic rings. The van der Waals surface area contributed by atoms with Gasteiger partial charge < -0.3 is 9.30 Å². The van der Waals surface area contributed by atoms with Gasteiger partial charge in [-0.3, -0.25) is 10.1 Å². The first-order valence-corrected chi connectivity index (χ1v) is 8.25. The molecule has 1 aliphatic rings. The van der Waals surface area contributed by atoms with Crippen LogP contribution in [0.1, 0.15) is 27.3 Å². The average Bonchev–Trinajstić information content (AvgIpc) is 3.17. The van der Waals surface area contributed by atoms with Crippen molar-refractivity contribution in [3.05, 3.63) is 87.2 Å². The molecule has 0 amide bonds. The van der Waals surface area contributed by atoms with E-state index in [9.17, 15) is 14.9 Å². The quantitative estimate of drug-likeness (QED) is 0.314. The van der Waals surface area contributed by atoms with Gasteiger partial charge in [0.05, 0.1) is 40.4 Å². The molecule has 0 radical (unpaired) electrons. The second kappa shape index (κ2) is 6.21. The first-order chi connectivity index (χ1) is 13.0. The summed E-state index contributed by atoms with van der Waals surface area (Å²) >= 11 is 0. The van der Waals surface area contributed by atoms with Crippen molar-refractivity contribution in [2.45, 2.75) is 6.92 Å². The molecule has 4 rings (SSSR count). The van der Waals surface area contributed by atoms with E-state index < -0.39 is 10.9 Å². The third kappa shape index (κ3) is 2.60. The molecule has 1 aliphatic heterocycles. The van der Waals surface area contributed by atoms with E-state index in [0.717, 1.165) is 22.6 Å². The Balaban J connectivity index is 1.89. The van der Waals surface area contributed by atoms with Gasteiger partial charge in [-0.2, -0.15) is 0 Å². The number of aromatic nitrogens is 1. The van der Waals surface area contributed by atoms with Crippen LogP contribution in [0.25, 0.3) is 5.69 Å². The van der Waals surface area contributed by atoms with Crippen molar-refractivity contribution in [2.75, 3.05) is 7.11 Å². The van der Waals surface area contributed by atoms with Gasteiger partial charge >= 0.3 is 5.97 Å². The van der Waals surface area contributed by atoms with Gasteiger partial charge in [-0.1, -0.05) is 18.2 Å². The maximum atomic E-state index is 12.1. The maximum Gasteiger partial charge on any atom is 0.339 e. The molecule has 0 spiro atoms. The molecule has 0 aliphatic carbocycles. The highest BCUT2D eigenvalue weighted by molar-refractivity contribution is 6.19. The van der Waals surface area contributed by atoms with Crippen LogP contribution < -0.4 is 0 Å². The van der Waals surface area contributed by atoms with Gasteiger partial charge in [-0.05, 0) is 31.2 Å². The Morgan fingerprint density at radius 2 is 1.85 bits per heavy atom. The molecule has 0 fully saturated rings. The van der Waals surface area contributed by atoms with Gasteiger partial charge in [0.1, 0.15) is 0 Å². The molecule has 27 heavy (non-hydrogen) atoms. The fourth-order valence-corrected chi connectivity index (χ4v) is 3.31. The van der Waals surface area contributed by atoms with Gasteiger partial charge in [0, 0.05) is 23.4 Å². The molecule has 0 saturated heterocycles. The van der Waals surface area contributed by atoms with E-state index >= 15 is 0 Å². The molecule has 0 bridgehead atoms. The van der Waals surface area contributed by atoms with Crippen molar-refractivity contribution in [1.82, 2.24) is 4.57 Å². The number of nitro groups is 1. The van der Waals surface area contributed by atoms with Crippen LogP contribution in [0.5, 0.6) is 0 Å². The lowest BCUT2D eigenvalue weighted by Gasteiger charge is -2.05. The lowest BCUT2D eigenvalue weighted by Crippen LogP contribution is -2.04. The van der Waals surface area contributed by atoms with Gasteiger partial charge in [0.2, 0.25) is 0 Å². The summed E-state index contributed by atoms with van der Waals surface area (Å²) < 4.78 is 6.85. The monoisotopic (exact) mass is 361 g/mol. The minimum absolute atomic E-state index is 0.0120. The number of rotatable bonds is 3. The normalized spacial score (nSPS) is 13.3. The third-order valence-electron chi connectivity index (χ3n) is 4.60. The lowest BCUT2D eigenvalue weighted by molar-refractivity contribution is -0.384. The first-order valence-electron chi connectivity index (χ1n) is 8.25. The summed E-state index contributed by atoms with van der Waals surface area (Å²) in [5.74, 6) is -0.401. The summed E-state index contributed by atoms with van der Waals surface area (Å²) in [6, 6.07) is 15.6. The van der Waals surface area contributed by atoms with E-state index in [2.05, 4.69) is 0 Å². The fourth-order valence-electron chi connectivity index (χ4n) is 3.31. The number of para-hydroxylation sites is 1. The molecular formula is C20H15N3O4. The number of carbonyl (C=O) groups excluding carboxylic acids is 1. The van der Waals surface area contributed by atoms with E-state index in [1.54, 1.807) is 18.2 Å². The zero-order valence-electron chi connectivity index (χ0n) is 14.7. The topological polar surface area (TPSA) is 86.7 Å². The number of methoxy groups -OCH3 is 1. The van der Waals surface area contributed by atoms with Crippen LogP contribution in [0.4, 0.5) is 11.4 Å². The third-order valence-corrected chi connectivity index (χ3v) is 4.60. The zero-order chi connectivity index (χ0) is 19.1. The number of hydrogen-bond acceptors (Lipinski definition) is 5. The van der Waals surface area contributed by atoms with Crippen molar-refractivity contribution in [3.63, 3.8) is 0 Å². The molecule has 2 aromatic carbocycles. The summed E-state index contributed by atoms with van der Waals surface area (Å²) in [5, 5.41) is 10.8. The number of fused-ring (bicyclic) bond motifs is 3. The molecule has 0 unspecified atom stereocenters. The highest BCUT2D eigenvalue weighted by Crippen LogP contribution is 2.34. The van der Waals surface area contributed by atoms with Crippen LogP contribution in [0, 0.1) is 17.0 Å². The first kappa shape index (κ1) is 16.7. The summed E-state index contributed by atoms with van der Waals surface area (Å²) in [4.78, 5) is 27.2. The smallest absolute Gasteiger partial charge is 0.339 e. The van der Waals surface area contributed by atoms with Crippen LogP contribution in [-0.4, -0.2) is 28.3 Å². The van der Waals surface area contributed by atoms with Crippen molar-refractivity contribution in [3.8, 4) is 5.69 Å². The number of hydrogen-bond donors (Lipinski definition) is 0. The van der Waals surface area contributed by atoms with Crippen molar-refractivity contribution < 1.29 is 14.5 Å². The van der Waals surface area contributed by atoms with E-state index in [-0.39, 0.29) is 5.69 Å². The maximum absolute atomic E-state index is 12.1. The SMILES string of the molecule is COC(=O)c1cc2n(c1C)-c1ccccc1C2=Nc1ccc([N+](=O)[O-])cc1. The van der Waals surface area contributed by atoms with Gasteiger partial charge in [-0.25, -0.2) is 9.79 Å². The van der Waals surface area contributed by atoms with E-state index in [1.165, 1.54) is 19.2 Å². The van der Waals surface area contributed by atoms with Gasteiger partial charge in [0.15, 0.2) is 0 Å². The van der Waals surface area contributed by atoms with Crippen molar-refractivity contribution in [2.24, 2.45) is 4.99 Å². The minimum atomic E-state index is -0.445. The zero-order valence-corrected chi connectivity index (χ0v) is 14.7. The number of ether oxygens (including phenoxy) is 1. The van der Waals surface area contributed by atoms with Crippen molar-refractivity contribution in [1.29, 1.82) is 0 Å². The van der Waals surface area contributed by atoms with Crippen molar-refractivity contribution >= 4 is 23.1 Å². The highest BCUT2D eigenvalue weighted by atomic mass is 16.6. The molecule has 0 atom stereocenters. The molecule has 134 valence electrons. The Kier molecular flexibility index (Phi) is 3.84. The Hall–Kier alpha value is -3.74. The average molecular weight is 361 g/mol. The predicted molar refractivity (Wildman–Crippen MR) is 100 cm³/mol. The Morgan fingerprint density at radius 3 is 2.52 bits per heavy atom. The predicted octanol–water partition coefficient (Wildman–Crippen LogP) is 3.96. The lowest BCUT2D eigenvalue weighted by atomic mass is 10.1. The van der Waals surface area contributed by atoms with Crippen LogP contribution >= 0.6 is 0 Å². The summed E-state index contributed by atoms with van der Waals surface area (Å²) in [7, 11) is 1.35. The number of non-ortho nitro benzene ring substituents is 1. The number of benzene rings is 2. The van der Waals surface area contributed by atoms with E-state index in [4.69, 9.17) is 9.73 Å². The number of carbonyl (C=O) groups is 1. The molecule has 0 saturated carbocycles. The second-order valence-corrected chi connectivity index (χ2v) is 6.11. The van der Waals surface area contributed by atoms with Crippen LogP contribution in [0.2, 0.25) is 0 Å². The van der Waals surface area contributed by atoms with E-state index in [1.807, 2.05) is 35.8 Å². The summed E-state index contributed by atoms with van der Waals surface area (Å²) in [6.07, 6.45) is 0. The number of esters is 1. The Labute approximate surface area is 154 Å². The van der Waals surface area contributed by atoms with Crippen LogP contribution in [-0.2, 0) is 4.74 Å². The molecule has 7 nitrogen and oxygen atoms in total. The second-order valence-electron chi connectivity index (χ2n) is 6.11. The summed E-state index contributed by atoms with van der Waals surface area (Å²) in [5.41, 5.74) is 5.23. The summed E-state index contributed by atoms with van der Waals surface area (Å²) in [6.45, 7) is 1.86. The molecular weight excluding hydrogens is 346 g/mol. The largest absolute Gasteiger partial charge is 0.465 e. The molecule has 2 heterocycles. The number of nitrogens with zero attached hydrogens (tertiary/aromatic N) is 3. The Bertz CT molecular complexity index is 1110. The number of aliphatic imine (C=N–C) groups is 1. The number of nitro benzene ring substituents is 1. The fraction of sp³-hybridized carbons (Fsp3) is 0.100. The van der Waals surface area contributed by atoms with Gasteiger partial charge in [0.25, 0.3) is 5.69 Å². The van der Waals surface area contributed by atoms with Crippen LogP contribution in [0.3, 0.4) is 0 Å². The molecule has 0 N–H and O–H groups in total. The van der Waals surface area contributed by atoms with Crippen LogP contribution in [0.15, 0.2) is 59.6 Å². The standard InChI is InChI=1S/C20H15N3O4/c1-12-16(20(24)27-2)11-18-19(15-5-3-4-6-17(15)22(12)18)21-13-7-9-14(10-8-13)23(25)26/h3-11H,1-2H3. The van der Waals surface area contributed by atoms with E-state index in [0.29, 0.717) is 17.0 Å². The highest BCUT2D eigenvalue weighted by Gasteiger charge is 2.30. The Morgan fingerprint density at radius 1 is 1.15 bits per heavy atom. The molecule has 7 heteroatoms. The van der Waals surface area contributed by atoms with Gasteiger partial charge in [-0.15, -0.1) is 0 Å². The minimum Gasteiger partial charge on any atom is -0.465 e. The molecule has 1 aromatic heterocycles.